The van der Waals surface area contributed by atoms with E-state index in [0.717, 1.165) is 0 Å². The number of benzene rings is 1. The average molecular weight is 338 g/mol. The minimum Gasteiger partial charge on any atom is -0.478 e. The van der Waals surface area contributed by atoms with Gasteiger partial charge in [0.1, 0.15) is 11.3 Å². The fourth-order valence-electron chi connectivity index (χ4n) is 1.38. The number of halogens is 1. The SMILES string of the molecule is NC(=O)c1ccc(Oc2cc(Br)ccc2C(=O)O)nn1. The molecule has 0 aliphatic heterocycles. The number of hydrogen-bond acceptors (Lipinski definition) is 5. The van der Waals surface area contributed by atoms with E-state index in [-0.39, 0.29) is 22.9 Å². The number of primary amides is 1. The second-order valence-electron chi connectivity index (χ2n) is 3.67. The van der Waals surface area contributed by atoms with Gasteiger partial charge in [0, 0.05) is 10.5 Å². The number of amides is 1. The Labute approximate surface area is 121 Å². The van der Waals surface area contributed by atoms with Gasteiger partial charge in [0.2, 0.25) is 5.88 Å². The molecule has 1 amide bonds. The third-order valence-corrected chi connectivity index (χ3v) is 2.77. The van der Waals surface area contributed by atoms with Crippen molar-refractivity contribution in [3.8, 4) is 11.6 Å². The molecule has 0 atom stereocenters. The van der Waals surface area contributed by atoms with Crippen LogP contribution in [0.2, 0.25) is 0 Å². The van der Waals surface area contributed by atoms with Crippen LogP contribution in [0.4, 0.5) is 0 Å². The molecule has 3 N–H and O–H groups in total. The van der Waals surface area contributed by atoms with Crippen molar-refractivity contribution < 1.29 is 19.4 Å². The summed E-state index contributed by atoms with van der Waals surface area (Å²) in [7, 11) is 0. The molecule has 1 heterocycles. The third kappa shape index (κ3) is 3.09. The van der Waals surface area contributed by atoms with Gasteiger partial charge in [0.15, 0.2) is 5.69 Å². The highest BCUT2D eigenvalue weighted by molar-refractivity contribution is 9.10. The van der Waals surface area contributed by atoms with Gasteiger partial charge < -0.3 is 15.6 Å². The van der Waals surface area contributed by atoms with Gasteiger partial charge in [-0.3, -0.25) is 4.79 Å². The molecular formula is C12H8BrN3O4. The number of ether oxygens (including phenoxy) is 1. The third-order valence-electron chi connectivity index (χ3n) is 2.28. The highest BCUT2D eigenvalue weighted by atomic mass is 79.9. The molecule has 0 radical (unpaired) electrons. The topological polar surface area (TPSA) is 115 Å². The van der Waals surface area contributed by atoms with Gasteiger partial charge in [0.25, 0.3) is 5.91 Å². The summed E-state index contributed by atoms with van der Waals surface area (Å²) >= 11 is 3.22. The van der Waals surface area contributed by atoms with Crippen LogP contribution < -0.4 is 10.5 Å². The molecule has 102 valence electrons. The van der Waals surface area contributed by atoms with Gasteiger partial charge in [0.05, 0.1) is 0 Å². The molecule has 0 saturated carbocycles. The number of carbonyl (C=O) groups is 2. The van der Waals surface area contributed by atoms with E-state index in [1.165, 1.54) is 24.3 Å². The number of carbonyl (C=O) groups excluding carboxylic acids is 1. The van der Waals surface area contributed by atoms with Crippen molar-refractivity contribution in [1.82, 2.24) is 10.2 Å². The highest BCUT2D eigenvalue weighted by Crippen LogP contribution is 2.27. The normalized spacial score (nSPS) is 10.1. The summed E-state index contributed by atoms with van der Waals surface area (Å²) in [4.78, 5) is 21.9. The van der Waals surface area contributed by atoms with Crippen LogP contribution in [0, 0.1) is 0 Å². The van der Waals surface area contributed by atoms with Crippen molar-refractivity contribution in [3.05, 3.63) is 46.1 Å². The van der Waals surface area contributed by atoms with Gasteiger partial charge in [-0.1, -0.05) is 15.9 Å². The van der Waals surface area contributed by atoms with Crippen molar-refractivity contribution in [1.29, 1.82) is 0 Å². The molecule has 8 heteroatoms. The quantitative estimate of drug-likeness (QED) is 0.879. The maximum absolute atomic E-state index is 11.1. The summed E-state index contributed by atoms with van der Waals surface area (Å²) in [5.74, 6) is -1.68. The Balaban J connectivity index is 2.31. The first-order chi connectivity index (χ1) is 9.47. The van der Waals surface area contributed by atoms with Gasteiger partial charge in [-0.25, -0.2) is 4.79 Å². The van der Waals surface area contributed by atoms with E-state index < -0.39 is 11.9 Å². The first kappa shape index (κ1) is 13.9. The molecule has 0 fully saturated rings. The number of carboxylic acids is 1. The molecule has 2 aromatic rings. The predicted molar refractivity (Wildman–Crippen MR) is 71.7 cm³/mol. The van der Waals surface area contributed by atoms with Gasteiger partial charge in [-0.2, -0.15) is 0 Å². The summed E-state index contributed by atoms with van der Waals surface area (Å²) in [6, 6.07) is 7.18. The second kappa shape index (κ2) is 5.66. The van der Waals surface area contributed by atoms with Crippen molar-refractivity contribution in [2.45, 2.75) is 0 Å². The molecule has 0 aliphatic carbocycles. The highest BCUT2D eigenvalue weighted by Gasteiger charge is 2.13. The first-order valence-corrected chi connectivity index (χ1v) is 6.11. The maximum atomic E-state index is 11.1. The van der Waals surface area contributed by atoms with Crippen LogP contribution in [0.1, 0.15) is 20.8 Å². The van der Waals surface area contributed by atoms with Crippen LogP contribution >= 0.6 is 15.9 Å². The summed E-state index contributed by atoms with van der Waals surface area (Å²) in [5, 5.41) is 16.3. The van der Waals surface area contributed by atoms with E-state index in [1.807, 2.05) is 0 Å². The van der Waals surface area contributed by atoms with Crippen molar-refractivity contribution >= 4 is 27.8 Å². The van der Waals surface area contributed by atoms with Crippen LogP contribution in [0.15, 0.2) is 34.8 Å². The molecule has 0 saturated heterocycles. The van der Waals surface area contributed by atoms with Crippen LogP contribution in [0.5, 0.6) is 11.6 Å². The lowest BCUT2D eigenvalue weighted by molar-refractivity contribution is 0.0694. The zero-order valence-electron chi connectivity index (χ0n) is 9.91. The number of carboxylic acid groups (broad SMARTS) is 1. The minimum absolute atomic E-state index is 0.00921. The fourth-order valence-corrected chi connectivity index (χ4v) is 1.72. The molecule has 2 rings (SSSR count). The van der Waals surface area contributed by atoms with E-state index >= 15 is 0 Å². The standard InChI is InChI=1S/C12H8BrN3O4/c13-6-1-2-7(12(18)19)9(5-6)20-10-4-3-8(11(14)17)15-16-10/h1-5H,(H2,14,17)(H,18,19). The number of nitrogens with zero attached hydrogens (tertiary/aromatic N) is 2. The molecule has 1 aromatic carbocycles. The van der Waals surface area contributed by atoms with Gasteiger partial charge in [-0.15, -0.1) is 10.2 Å². The molecular weight excluding hydrogens is 330 g/mol. The fraction of sp³-hybridized carbons (Fsp3) is 0. The Hall–Kier alpha value is -2.48. The Morgan fingerprint density at radius 3 is 2.50 bits per heavy atom. The molecule has 20 heavy (non-hydrogen) atoms. The number of hydrogen-bond donors (Lipinski definition) is 2. The Morgan fingerprint density at radius 2 is 1.95 bits per heavy atom. The lowest BCUT2D eigenvalue weighted by Crippen LogP contribution is -2.13. The monoisotopic (exact) mass is 337 g/mol. The Kier molecular flexibility index (Phi) is 3.94. The average Bonchev–Trinajstić information content (AvgIpc) is 2.39. The summed E-state index contributed by atoms with van der Waals surface area (Å²) in [6.45, 7) is 0. The molecule has 7 nitrogen and oxygen atoms in total. The summed E-state index contributed by atoms with van der Waals surface area (Å²) in [5.41, 5.74) is 5.01. The van der Waals surface area contributed by atoms with Gasteiger partial charge in [-0.05, 0) is 24.3 Å². The Bertz CT molecular complexity index is 673. The van der Waals surface area contributed by atoms with Crippen molar-refractivity contribution in [3.63, 3.8) is 0 Å². The first-order valence-electron chi connectivity index (χ1n) is 5.31. The van der Waals surface area contributed by atoms with Crippen LogP contribution in [-0.2, 0) is 0 Å². The number of nitrogens with two attached hydrogens (primary N) is 1. The minimum atomic E-state index is -1.13. The largest absolute Gasteiger partial charge is 0.478 e. The van der Waals surface area contributed by atoms with Crippen LogP contribution in [0.3, 0.4) is 0 Å². The lowest BCUT2D eigenvalue weighted by atomic mass is 10.2. The van der Waals surface area contributed by atoms with E-state index in [2.05, 4.69) is 26.1 Å². The van der Waals surface area contributed by atoms with Crippen LogP contribution in [-0.4, -0.2) is 27.2 Å². The molecule has 0 unspecified atom stereocenters. The Morgan fingerprint density at radius 1 is 1.20 bits per heavy atom. The summed E-state index contributed by atoms with van der Waals surface area (Å²) in [6.07, 6.45) is 0. The molecule has 0 spiro atoms. The molecule has 0 bridgehead atoms. The van der Waals surface area contributed by atoms with E-state index in [4.69, 9.17) is 15.6 Å². The number of aromatic nitrogens is 2. The number of aromatic carboxylic acids is 1. The maximum Gasteiger partial charge on any atom is 0.339 e. The molecule has 0 aliphatic rings. The zero-order chi connectivity index (χ0) is 14.7. The van der Waals surface area contributed by atoms with Gasteiger partial charge >= 0.3 is 5.97 Å². The summed E-state index contributed by atoms with van der Waals surface area (Å²) < 4.78 is 6.00. The predicted octanol–water partition coefficient (Wildman–Crippen LogP) is 1.83. The zero-order valence-corrected chi connectivity index (χ0v) is 11.5. The second-order valence-corrected chi connectivity index (χ2v) is 4.58. The lowest BCUT2D eigenvalue weighted by Gasteiger charge is -2.07. The van der Waals surface area contributed by atoms with Crippen LogP contribution in [0.25, 0.3) is 0 Å². The van der Waals surface area contributed by atoms with Crippen molar-refractivity contribution in [2.24, 2.45) is 5.73 Å². The van der Waals surface area contributed by atoms with E-state index in [0.29, 0.717) is 4.47 Å². The molecule has 1 aromatic heterocycles. The smallest absolute Gasteiger partial charge is 0.339 e. The van der Waals surface area contributed by atoms with E-state index in [9.17, 15) is 9.59 Å². The number of rotatable bonds is 4. The van der Waals surface area contributed by atoms with Crippen molar-refractivity contribution in [2.75, 3.05) is 0 Å². The van der Waals surface area contributed by atoms with E-state index in [1.54, 1.807) is 6.07 Å².